The molecule has 0 aliphatic rings. The highest BCUT2D eigenvalue weighted by Crippen LogP contribution is 2.30. The van der Waals surface area contributed by atoms with Crippen LogP contribution in [0.3, 0.4) is 0 Å². The van der Waals surface area contributed by atoms with Gasteiger partial charge in [0, 0.05) is 71.1 Å². The van der Waals surface area contributed by atoms with Crippen molar-refractivity contribution >= 4 is 221 Å². The lowest BCUT2D eigenvalue weighted by Gasteiger charge is -2.26. The van der Waals surface area contributed by atoms with Crippen molar-refractivity contribution in [1.29, 1.82) is 0 Å². The van der Waals surface area contributed by atoms with Gasteiger partial charge in [-0.15, -0.1) is 0 Å². The Bertz CT molecular complexity index is 5930. The molecule has 0 aliphatic carbocycles. The quantitative estimate of drug-likeness (QED) is 0.0141. The van der Waals surface area contributed by atoms with E-state index in [4.69, 9.17) is 0 Å². The maximum atomic E-state index is 13.7. The van der Waals surface area contributed by atoms with Crippen molar-refractivity contribution in [3.8, 4) is 34.5 Å². The fourth-order valence-corrected chi connectivity index (χ4v) is 34.7. The van der Waals surface area contributed by atoms with Crippen LogP contribution >= 0.6 is 51.5 Å². The van der Waals surface area contributed by atoms with E-state index in [0.717, 1.165) is 91.0 Å². The van der Waals surface area contributed by atoms with Crippen LogP contribution in [-0.2, 0) is 39.3 Å². The minimum absolute atomic E-state index is 0.216. The Morgan fingerprint density at radius 2 is 0.504 bits per heavy atom. The van der Waals surface area contributed by atoms with Gasteiger partial charge in [-0.3, -0.25) is 0 Å². The first-order valence-corrected chi connectivity index (χ1v) is 81.7. The van der Waals surface area contributed by atoms with E-state index >= 15 is 0 Å². The molecule has 12 aromatic rings. The third-order valence-electron chi connectivity index (χ3n) is 23.5. The lowest BCUT2D eigenvalue weighted by Crippen LogP contribution is -2.47. The van der Waals surface area contributed by atoms with Gasteiger partial charge >= 0.3 is 0 Å². The molecule has 12 rings (SSSR count). The molecular weight excluding hydrogens is 1930 g/mol. The van der Waals surface area contributed by atoms with Crippen LogP contribution in [0.25, 0.3) is 0 Å². The molecule has 6 unspecified atom stereocenters. The van der Waals surface area contributed by atoms with Gasteiger partial charge in [-0.25, -0.2) is 4.39 Å². The van der Waals surface area contributed by atoms with E-state index in [1.165, 1.54) is 97.5 Å². The standard InChI is InChI=1S/C20H31FNOPSi2.C20H32NOPSi2.2C18H26NOPSi.2C17H24NOPSi/c1-22-13-14-10-15(21)8-9-17(14)24-18-11-16(25(2,3)4)12-19(20(18)23)26(5,6)7;1-21-14-15-10-8-9-11-17(15)23-18-12-16(24(2,3)4)13-19(20(18)22)25(5,6)7;1-13-6-9-17(14(10-13)12-19-2)21-18-11-15(22(3,4)5)7-8-16(18)20;1-13-8-6-9-14(12-19-2)18(13)21-15-10-7-11-16(17(15)20)22(3,4)5;1-18-12-13-8-5-6-9-14(13)20-15-10-7-11-16(17(15)19)21(2,3)4;1-18-12-13-7-5-6-8-16(13)20-17-11-14(21(2,3)4)9-10-15(17)19/h8-12,22-24H,13H2,1-7H3;8-13,21-23H,14H2,1-7H3;2*6-11,19-21H,12H2,1-5H3;2*5-11,18-20H,12H2,1-4H3. The second-order valence-corrected chi connectivity index (χ2v) is 92.1. The Morgan fingerprint density at radius 1 is 0.226 bits per heavy atom. The molecular formula is C110H163FN6O6P6Si8. The molecule has 12 aromatic carbocycles. The van der Waals surface area contributed by atoms with Crippen LogP contribution in [0.15, 0.2) is 224 Å². The predicted molar refractivity (Wildman–Crippen MR) is 643 cm³/mol. The number of halogens is 1. The number of phenolic OH excluding ortho intramolecular Hbond substituents is 6. The van der Waals surface area contributed by atoms with Crippen LogP contribution in [0.4, 0.5) is 4.39 Å². The minimum Gasteiger partial charge on any atom is -0.507 e. The van der Waals surface area contributed by atoms with Crippen molar-refractivity contribution in [3.05, 3.63) is 275 Å². The van der Waals surface area contributed by atoms with Gasteiger partial charge in [0.05, 0.1) is 64.6 Å². The zero-order valence-corrected chi connectivity index (χ0v) is 102. The van der Waals surface area contributed by atoms with Gasteiger partial charge in [0.25, 0.3) is 0 Å². The average molecular weight is 2100 g/mol. The topological polar surface area (TPSA) is 194 Å². The number of para-hydroxylation sites is 2. The molecule has 0 aliphatic heterocycles. The second kappa shape index (κ2) is 52.6. The van der Waals surface area contributed by atoms with Crippen molar-refractivity contribution in [2.24, 2.45) is 0 Å². The van der Waals surface area contributed by atoms with Gasteiger partial charge in [-0.1, -0.05) is 435 Å². The monoisotopic (exact) mass is 2090 g/mol. The zero-order valence-electron chi connectivity index (χ0n) is 88.2. The maximum Gasteiger partial charge on any atom is 0.123 e. The summed E-state index contributed by atoms with van der Waals surface area (Å²) in [5, 5.41) is 107. The van der Waals surface area contributed by atoms with Crippen LogP contribution in [-0.4, -0.2) is 138 Å². The first kappa shape index (κ1) is 117. The molecule has 6 atom stereocenters. The van der Waals surface area contributed by atoms with Crippen LogP contribution < -0.4 is 137 Å². The molecule has 12 N–H and O–H groups in total. The zero-order chi connectivity index (χ0) is 102. The summed E-state index contributed by atoms with van der Waals surface area (Å²) in [6.45, 7) is 64.8. The van der Waals surface area contributed by atoms with Crippen LogP contribution in [0, 0.1) is 19.7 Å². The highest BCUT2D eigenvalue weighted by Gasteiger charge is 2.32. The summed E-state index contributed by atoms with van der Waals surface area (Å²) < 4.78 is 13.7. The molecule has 738 valence electrons. The van der Waals surface area contributed by atoms with E-state index in [-0.39, 0.29) is 5.82 Å². The van der Waals surface area contributed by atoms with Gasteiger partial charge < -0.3 is 62.5 Å². The molecule has 12 nitrogen and oxygen atoms in total. The third kappa shape index (κ3) is 35.8. The number of hydrogen-bond donors (Lipinski definition) is 12. The Morgan fingerprint density at radius 3 is 0.861 bits per heavy atom. The molecule has 0 fully saturated rings. The first-order chi connectivity index (χ1) is 64.0. The van der Waals surface area contributed by atoms with E-state index in [2.05, 4.69) is 391 Å². The van der Waals surface area contributed by atoms with Gasteiger partial charge in [-0.05, 0) is 172 Å². The van der Waals surface area contributed by atoms with Crippen molar-refractivity contribution < 1.29 is 35.0 Å². The van der Waals surface area contributed by atoms with Gasteiger partial charge in [0.2, 0.25) is 0 Å². The number of phenols is 6. The number of aromatic hydroxyl groups is 6. The fraction of sp³-hybridized carbons (Fsp3) is 0.345. The summed E-state index contributed by atoms with van der Waals surface area (Å²) in [6, 6.07) is 77.2. The smallest absolute Gasteiger partial charge is 0.123 e. The average Bonchev–Trinajstić information content (AvgIpc) is 0.776. The van der Waals surface area contributed by atoms with E-state index in [9.17, 15) is 35.0 Å². The molecule has 27 heteroatoms. The number of rotatable bonds is 32. The number of nitrogens with one attached hydrogen (secondary N) is 6. The number of benzene rings is 12. The number of aryl methyl sites for hydroxylation is 2. The Hall–Kier alpha value is -6.55. The van der Waals surface area contributed by atoms with E-state index in [1.54, 1.807) is 6.07 Å². The Kier molecular flexibility index (Phi) is 45.1. The van der Waals surface area contributed by atoms with Gasteiger partial charge in [0.1, 0.15) is 40.3 Å². The molecule has 0 heterocycles. The summed E-state index contributed by atoms with van der Waals surface area (Å²) in [5.74, 6) is 2.62. The van der Waals surface area contributed by atoms with Crippen LogP contribution in [0.5, 0.6) is 34.5 Å². The maximum absolute atomic E-state index is 13.7. The van der Waals surface area contributed by atoms with E-state index < -0.39 is 64.6 Å². The predicted octanol–water partition coefficient (Wildman–Crippen LogP) is 15.6. The third-order valence-corrected chi connectivity index (χ3v) is 48.4. The first-order valence-electron chi connectivity index (χ1n) is 47.7. The molecule has 0 amide bonds. The molecule has 0 spiro atoms. The lowest BCUT2D eigenvalue weighted by molar-refractivity contribution is 0.479. The highest BCUT2D eigenvalue weighted by molar-refractivity contribution is 7.57. The summed E-state index contributed by atoms with van der Waals surface area (Å²) >= 11 is 0. The lowest BCUT2D eigenvalue weighted by atomic mass is 10.1. The van der Waals surface area contributed by atoms with Crippen molar-refractivity contribution in [2.75, 3.05) is 42.3 Å². The molecule has 0 saturated carbocycles. The largest absolute Gasteiger partial charge is 0.507 e. The minimum atomic E-state index is -1.67. The molecule has 0 saturated heterocycles. The van der Waals surface area contributed by atoms with Crippen molar-refractivity contribution in [3.63, 3.8) is 0 Å². The number of hydrogen-bond acceptors (Lipinski definition) is 12. The van der Waals surface area contributed by atoms with Crippen molar-refractivity contribution in [2.45, 2.75) is 210 Å². The van der Waals surface area contributed by atoms with Gasteiger partial charge in [0.15, 0.2) is 0 Å². The Labute approximate surface area is 843 Å². The summed E-state index contributed by atoms with van der Waals surface area (Å²) in [7, 11) is 2.50. The van der Waals surface area contributed by atoms with Crippen molar-refractivity contribution in [1.82, 2.24) is 31.9 Å². The fourth-order valence-electron chi connectivity index (χ4n) is 15.4. The highest BCUT2D eigenvalue weighted by atomic mass is 31.1. The SMILES string of the molecule is CNCc1cc(C)ccc1Pc1cc([Si](C)(C)C)ccc1O.CNCc1cc(F)ccc1Pc1cc([Si](C)(C)C)cc([Si](C)(C)C)c1O.CNCc1cccc(C)c1Pc1cccc([Si](C)(C)C)c1O.CNCc1ccccc1Pc1cc([Si](C)(C)C)cc([Si](C)(C)C)c1O.CNCc1ccccc1Pc1cc([Si](C)(C)C)ccc1O.CNCc1ccccc1Pc1cccc([Si](C)(C)C)c1O. The second-order valence-electron chi connectivity index (χ2n) is 43.7. The molecule has 0 bridgehead atoms. The molecule has 137 heavy (non-hydrogen) atoms. The van der Waals surface area contributed by atoms with Gasteiger partial charge in [-0.2, -0.15) is 0 Å². The molecule has 0 radical (unpaired) electrons. The van der Waals surface area contributed by atoms with Crippen LogP contribution in [0.1, 0.15) is 44.5 Å². The van der Waals surface area contributed by atoms with Crippen LogP contribution in [0.2, 0.25) is 157 Å². The Balaban J connectivity index is 0.000000224. The van der Waals surface area contributed by atoms with E-state index in [1.807, 2.05) is 66.6 Å². The molecule has 0 aromatic heterocycles. The van der Waals surface area contributed by atoms with E-state index in [0.29, 0.717) is 92.5 Å². The normalized spacial score (nSPS) is 12.5. The summed E-state index contributed by atoms with van der Waals surface area (Å²) in [6.07, 6.45) is 0. The summed E-state index contributed by atoms with van der Waals surface area (Å²) in [4.78, 5) is 0. The summed E-state index contributed by atoms with van der Waals surface area (Å²) in [5.41, 5.74) is 10.1.